The Hall–Kier alpha value is -0.970. The van der Waals surface area contributed by atoms with Gasteiger partial charge in [-0.3, -0.25) is 0 Å². The monoisotopic (exact) mass is 330 g/mol. The minimum absolute atomic E-state index is 0.0633. The van der Waals surface area contributed by atoms with Crippen molar-refractivity contribution in [2.24, 2.45) is 0 Å². The quantitative estimate of drug-likeness (QED) is 0.843. The predicted molar refractivity (Wildman–Crippen MR) is 85.0 cm³/mol. The number of nitrogens with zero attached hydrogens (tertiary/aromatic N) is 2. The molecule has 2 rings (SSSR count). The van der Waals surface area contributed by atoms with E-state index in [0.717, 1.165) is 5.56 Å². The molecular formula is C15H20Cl2N2O2. The predicted octanol–water partition coefficient (Wildman–Crippen LogP) is 3.83. The van der Waals surface area contributed by atoms with Crippen LogP contribution in [-0.2, 0) is 4.74 Å². The van der Waals surface area contributed by atoms with Crippen LogP contribution in [0.3, 0.4) is 0 Å². The number of amides is 2. The summed E-state index contributed by atoms with van der Waals surface area (Å²) in [5.41, 5.74) is 0.946. The van der Waals surface area contributed by atoms with Crippen molar-refractivity contribution in [2.45, 2.75) is 20.0 Å². The van der Waals surface area contributed by atoms with Gasteiger partial charge in [0.2, 0.25) is 0 Å². The zero-order valence-corrected chi connectivity index (χ0v) is 13.8. The van der Waals surface area contributed by atoms with Gasteiger partial charge in [0.15, 0.2) is 0 Å². The molecule has 0 saturated carbocycles. The number of hydrogen-bond acceptors (Lipinski definition) is 2. The van der Waals surface area contributed by atoms with Crippen LogP contribution in [0.1, 0.15) is 25.5 Å². The Kier molecular flexibility index (Phi) is 5.73. The van der Waals surface area contributed by atoms with Gasteiger partial charge in [0.05, 0.1) is 23.2 Å². The molecule has 0 aliphatic carbocycles. The summed E-state index contributed by atoms with van der Waals surface area (Å²) in [6, 6.07) is 5.52. The van der Waals surface area contributed by atoms with Crippen LogP contribution in [0.4, 0.5) is 4.79 Å². The minimum Gasteiger partial charge on any atom is -0.370 e. The van der Waals surface area contributed by atoms with Gasteiger partial charge < -0.3 is 14.5 Å². The number of benzene rings is 1. The Morgan fingerprint density at radius 2 is 2.05 bits per heavy atom. The van der Waals surface area contributed by atoms with E-state index in [0.29, 0.717) is 42.8 Å². The van der Waals surface area contributed by atoms with Crippen LogP contribution in [0.15, 0.2) is 18.2 Å². The lowest BCUT2D eigenvalue weighted by atomic mass is 10.1. The van der Waals surface area contributed by atoms with E-state index in [1.807, 2.05) is 29.7 Å². The molecular weight excluding hydrogens is 311 g/mol. The number of hydrogen-bond donors (Lipinski definition) is 0. The van der Waals surface area contributed by atoms with E-state index in [1.165, 1.54) is 0 Å². The molecule has 1 fully saturated rings. The van der Waals surface area contributed by atoms with E-state index < -0.39 is 0 Å². The molecule has 1 unspecified atom stereocenters. The first-order valence-corrected chi connectivity index (χ1v) is 7.92. The van der Waals surface area contributed by atoms with Crippen molar-refractivity contribution in [3.63, 3.8) is 0 Å². The normalized spacial score (nSPS) is 18.7. The highest BCUT2D eigenvalue weighted by molar-refractivity contribution is 6.42. The fourth-order valence-corrected chi connectivity index (χ4v) is 2.74. The largest absolute Gasteiger partial charge is 0.370 e. The van der Waals surface area contributed by atoms with E-state index in [1.54, 1.807) is 12.1 Å². The summed E-state index contributed by atoms with van der Waals surface area (Å²) in [5.74, 6) is 0. The van der Waals surface area contributed by atoms with Gasteiger partial charge in [-0.15, -0.1) is 0 Å². The third kappa shape index (κ3) is 3.82. The minimum atomic E-state index is -0.159. The number of carbonyl (C=O) groups is 1. The Labute approximate surface area is 135 Å². The van der Waals surface area contributed by atoms with Crippen LogP contribution >= 0.6 is 23.2 Å². The summed E-state index contributed by atoms with van der Waals surface area (Å²) < 4.78 is 5.77. The second kappa shape index (κ2) is 7.34. The van der Waals surface area contributed by atoms with Crippen molar-refractivity contribution >= 4 is 29.2 Å². The molecule has 1 heterocycles. The van der Waals surface area contributed by atoms with Gasteiger partial charge in [-0.1, -0.05) is 29.3 Å². The first-order valence-electron chi connectivity index (χ1n) is 7.17. The Bertz CT molecular complexity index is 506. The summed E-state index contributed by atoms with van der Waals surface area (Å²) in [4.78, 5) is 16.1. The SMILES string of the molecule is CCN(CC)C(=O)N1CCOC(c2ccc(Cl)c(Cl)c2)C1. The molecule has 116 valence electrons. The number of ether oxygens (including phenoxy) is 1. The average molecular weight is 331 g/mol. The number of halogens is 2. The average Bonchev–Trinajstić information content (AvgIpc) is 2.51. The fourth-order valence-electron chi connectivity index (χ4n) is 2.43. The highest BCUT2D eigenvalue weighted by Gasteiger charge is 2.27. The number of carbonyl (C=O) groups excluding carboxylic acids is 1. The number of urea groups is 1. The first-order chi connectivity index (χ1) is 10.1. The van der Waals surface area contributed by atoms with Crippen molar-refractivity contribution in [2.75, 3.05) is 32.8 Å². The van der Waals surface area contributed by atoms with Crippen molar-refractivity contribution in [1.29, 1.82) is 0 Å². The molecule has 2 amide bonds. The fraction of sp³-hybridized carbons (Fsp3) is 0.533. The summed E-state index contributed by atoms with van der Waals surface area (Å²) in [6.07, 6.45) is -0.159. The molecule has 21 heavy (non-hydrogen) atoms. The Morgan fingerprint density at radius 3 is 2.67 bits per heavy atom. The third-order valence-corrected chi connectivity index (χ3v) is 4.43. The molecule has 1 aliphatic rings. The molecule has 0 bridgehead atoms. The molecule has 0 radical (unpaired) electrons. The van der Waals surface area contributed by atoms with Crippen molar-refractivity contribution in [3.8, 4) is 0 Å². The topological polar surface area (TPSA) is 32.8 Å². The highest BCUT2D eigenvalue weighted by atomic mass is 35.5. The van der Waals surface area contributed by atoms with E-state index in [-0.39, 0.29) is 12.1 Å². The third-order valence-electron chi connectivity index (χ3n) is 3.69. The maximum absolute atomic E-state index is 12.4. The lowest BCUT2D eigenvalue weighted by Crippen LogP contribution is -2.48. The smallest absolute Gasteiger partial charge is 0.320 e. The second-order valence-electron chi connectivity index (χ2n) is 4.93. The van der Waals surface area contributed by atoms with E-state index in [9.17, 15) is 4.79 Å². The van der Waals surface area contributed by atoms with Gasteiger partial charge in [0.1, 0.15) is 6.10 Å². The van der Waals surface area contributed by atoms with Crippen LogP contribution in [0.5, 0.6) is 0 Å². The Morgan fingerprint density at radius 1 is 1.33 bits per heavy atom. The standard InChI is InChI=1S/C15H20Cl2N2O2/c1-3-18(4-2)15(20)19-7-8-21-14(10-19)11-5-6-12(16)13(17)9-11/h5-6,9,14H,3-4,7-8,10H2,1-2H3. The molecule has 0 aromatic heterocycles. The van der Waals surface area contributed by atoms with Crippen LogP contribution in [0, 0.1) is 0 Å². The van der Waals surface area contributed by atoms with E-state index in [4.69, 9.17) is 27.9 Å². The molecule has 1 aliphatic heterocycles. The van der Waals surface area contributed by atoms with E-state index >= 15 is 0 Å². The van der Waals surface area contributed by atoms with Gasteiger partial charge in [0.25, 0.3) is 0 Å². The summed E-state index contributed by atoms with van der Waals surface area (Å²) in [6.45, 7) is 7.07. The highest BCUT2D eigenvalue weighted by Crippen LogP contribution is 2.29. The molecule has 0 spiro atoms. The summed E-state index contributed by atoms with van der Waals surface area (Å²) >= 11 is 12.0. The summed E-state index contributed by atoms with van der Waals surface area (Å²) in [5, 5.41) is 1.03. The summed E-state index contributed by atoms with van der Waals surface area (Å²) in [7, 11) is 0. The Balaban J connectivity index is 2.09. The van der Waals surface area contributed by atoms with Crippen LogP contribution in [0.2, 0.25) is 10.0 Å². The van der Waals surface area contributed by atoms with Gasteiger partial charge in [0, 0.05) is 19.6 Å². The molecule has 4 nitrogen and oxygen atoms in total. The van der Waals surface area contributed by atoms with Crippen LogP contribution in [0.25, 0.3) is 0 Å². The molecule has 6 heteroatoms. The molecule has 0 N–H and O–H groups in total. The van der Waals surface area contributed by atoms with Crippen molar-refractivity contribution < 1.29 is 9.53 Å². The molecule has 1 aromatic carbocycles. The van der Waals surface area contributed by atoms with E-state index in [2.05, 4.69) is 0 Å². The maximum Gasteiger partial charge on any atom is 0.320 e. The van der Waals surface area contributed by atoms with Gasteiger partial charge in [-0.05, 0) is 31.5 Å². The van der Waals surface area contributed by atoms with Crippen LogP contribution < -0.4 is 0 Å². The zero-order valence-electron chi connectivity index (χ0n) is 12.3. The maximum atomic E-state index is 12.4. The van der Waals surface area contributed by atoms with Gasteiger partial charge in [-0.2, -0.15) is 0 Å². The van der Waals surface area contributed by atoms with Gasteiger partial charge >= 0.3 is 6.03 Å². The van der Waals surface area contributed by atoms with Crippen molar-refractivity contribution in [1.82, 2.24) is 9.80 Å². The zero-order chi connectivity index (χ0) is 15.4. The second-order valence-corrected chi connectivity index (χ2v) is 5.75. The lowest BCUT2D eigenvalue weighted by Gasteiger charge is -2.36. The lowest BCUT2D eigenvalue weighted by molar-refractivity contribution is -0.0202. The van der Waals surface area contributed by atoms with Crippen molar-refractivity contribution in [3.05, 3.63) is 33.8 Å². The molecule has 1 aromatic rings. The van der Waals surface area contributed by atoms with Gasteiger partial charge in [-0.25, -0.2) is 4.79 Å². The number of rotatable bonds is 3. The number of morpholine rings is 1. The van der Waals surface area contributed by atoms with Crippen LogP contribution in [-0.4, -0.2) is 48.6 Å². The molecule has 1 atom stereocenters. The first kappa shape index (κ1) is 16.4. The molecule has 1 saturated heterocycles.